The van der Waals surface area contributed by atoms with Crippen molar-refractivity contribution in [2.45, 2.75) is 55.7 Å². The van der Waals surface area contributed by atoms with Gasteiger partial charge in [-0.1, -0.05) is 39.7 Å². The van der Waals surface area contributed by atoms with Gasteiger partial charge >= 0.3 is 5.97 Å². The molecule has 184 valence electrons. The summed E-state index contributed by atoms with van der Waals surface area (Å²) >= 11 is 1.80. The number of unbranched alkanes of at least 4 members (excludes halogenated alkanes) is 3. The molecular formula is C26H34N2O4S2. The number of azo groups is 1. The number of benzene rings is 2. The third-order valence-electron chi connectivity index (χ3n) is 5.23. The van der Waals surface area contributed by atoms with E-state index in [2.05, 4.69) is 16.8 Å². The maximum Gasteiger partial charge on any atom is 0.330 e. The van der Waals surface area contributed by atoms with Gasteiger partial charge in [-0.05, 0) is 73.0 Å². The highest BCUT2D eigenvalue weighted by Crippen LogP contribution is 2.25. The Morgan fingerprint density at radius 1 is 1.00 bits per heavy atom. The minimum absolute atomic E-state index is 0.131. The van der Waals surface area contributed by atoms with Crippen LogP contribution >= 0.6 is 11.8 Å². The van der Waals surface area contributed by atoms with Gasteiger partial charge in [-0.25, -0.2) is 13.2 Å². The summed E-state index contributed by atoms with van der Waals surface area (Å²) in [6, 6.07) is 14.5. The number of sulfone groups is 1. The molecule has 0 aliphatic carbocycles. The van der Waals surface area contributed by atoms with E-state index in [9.17, 15) is 13.2 Å². The normalized spacial score (nSPS) is 12.5. The molecule has 0 N–H and O–H groups in total. The highest BCUT2D eigenvalue weighted by atomic mass is 32.2. The molecule has 1 atom stereocenters. The smallest absolute Gasteiger partial charge is 0.330 e. The molecule has 2 aromatic carbocycles. The fraction of sp³-hybridized carbons (Fsp3) is 0.423. The molecule has 34 heavy (non-hydrogen) atoms. The number of esters is 1. The van der Waals surface area contributed by atoms with Crippen molar-refractivity contribution < 1.29 is 17.9 Å². The van der Waals surface area contributed by atoms with E-state index >= 15 is 0 Å². The van der Waals surface area contributed by atoms with Crippen LogP contribution in [0.25, 0.3) is 0 Å². The summed E-state index contributed by atoms with van der Waals surface area (Å²) in [5.41, 5.74) is 1.35. The van der Waals surface area contributed by atoms with Crippen molar-refractivity contribution in [1.29, 1.82) is 0 Å². The van der Waals surface area contributed by atoms with Gasteiger partial charge in [0.2, 0.25) is 0 Å². The van der Waals surface area contributed by atoms with Crippen LogP contribution in [0.3, 0.4) is 0 Å². The Bertz CT molecular complexity index is 1030. The first-order valence-corrected chi connectivity index (χ1v) is 14.2. The summed E-state index contributed by atoms with van der Waals surface area (Å²) in [5.74, 6) is 0.951. The van der Waals surface area contributed by atoms with Crippen LogP contribution in [0.5, 0.6) is 0 Å². The standard InChI is InChI=1S/C26H34N2O4S2/c1-4-21(3)20-34(30,31)25-16-12-23(13-17-25)28-27-22-10-14-24(15-11-22)33-19-9-7-6-8-18-32-26(29)5-2/h5,10-17,21H,2,4,6-9,18-20H2,1,3H3/b28-27+/t21-/m1/s1. The first kappa shape index (κ1) is 27.8. The minimum atomic E-state index is -3.28. The molecule has 0 spiro atoms. The van der Waals surface area contributed by atoms with Crippen LogP contribution < -0.4 is 0 Å². The second-order valence-electron chi connectivity index (χ2n) is 8.12. The molecule has 2 rings (SSSR count). The Hall–Kier alpha value is -2.45. The molecule has 0 aliphatic heterocycles. The summed E-state index contributed by atoms with van der Waals surface area (Å²) in [4.78, 5) is 12.4. The molecule has 0 heterocycles. The van der Waals surface area contributed by atoms with Gasteiger partial charge in [0.05, 0.1) is 28.6 Å². The lowest BCUT2D eigenvalue weighted by molar-refractivity contribution is -0.137. The van der Waals surface area contributed by atoms with E-state index in [1.165, 1.54) is 11.0 Å². The Morgan fingerprint density at radius 2 is 1.59 bits per heavy atom. The lowest BCUT2D eigenvalue weighted by Gasteiger charge is -2.09. The molecule has 6 nitrogen and oxygen atoms in total. The third-order valence-corrected chi connectivity index (χ3v) is 8.33. The summed E-state index contributed by atoms with van der Waals surface area (Å²) in [5, 5.41) is 8.47. The Labute approximate surface area is 207 Å². The number of hydrogen-bond acceptors (Lipinski definition) is 7. The minimum Gasteiger partial charge on any atom is -0.463 e. The van der Waals surface area contributed by atoms with Gasteiger partial charge in [0.25, 0.3) is 0 Å². The first-order valence-electron chi connectivity index (χ1n) is 11.6. The van der Waals surface area contributed by atoms with Crippen molar-refractivity contribution in [3.63, 3.8) is 0 Å². The number of rotatable bonds is 15. The van der Waals surface area contributed by atoms with E-state index in [0.29, 0.717) is 17.2 Å². The molecule has 8 heteroatoms. The first-order chi connectivity index (χ1) is 16.3. The van der Waals surface area contributed by atoms with Crippen molar-refractivity contribution in [2.24, 2.45) is 16.1 Å². The zero-order valence-electron chi connectivity index (χ0n) is 20.0. The maximum atomic E-state index is 12.4. The number of ether oxygens (including phenoxy) is 1. The predicted octanol–water partition coefficient (Wildman–Crippen LogP) is 7.30. The highest BCUT2D eigenvalue weighted by Gasteiger charge is 2.17. The highest BCUT2D eigenvalue weighted by molar-refractivity contribution is 7.99. The molecule has 0 saturated heterocycles. The van der Waals surface area contributed by atoms with E-state index in [4.69, 9.17) is 4.74 Å². The van der Waals surface area contributed by atoms with Gasteiger partial charge in [-0.3, -0.25) is 0 Å². The number of hydrogen-bond donors (Lipinski definition) is 0. The fourth-order valence-corrected chi connectivity index (χ4v) is 5.65. The van der Waals surface area contributed by atoms with E-state index < -0.39 is 9.84 Å². The molecule has 0 aliphatic rings. The van der Waals surface area contributed by atoms with Gasteiger partial charge in [-0.2, -0.15) is 10.2 Å². The van der Waals surface area contributed by atoms with Crippen molar-refractivity contribution in [2.75, 3.05) is 18.1 Å². The molecular weight excluding hydrogens is 468 g/mol. The van der Waals surface area contributed by atoms with Crippen molar-refractivity contribution in [3.05, 3.63) is 61.2 Å². The van der Waals surface area contributed by atoms with E-state index in [1.54, 1.807) is 36.0 Å². The van der Waals surface area contributed by atoms with Gasteiger partial charge < -0.3 is 4.74 Å². The SMILES string of the molecule is C=CC(=O)OCCCCCCSc1ccc(/N=N/c2ccc(S(=O)(=O)C[C@H](C)CC)cc2)cc1. The van der Waals surface area contributed by atoms with Crippen molar-refractivity contribution in [1.82, 2.24) is 0 Å². The fourth-order valence-electron chi connectivity index (χ4n) is 3.01. The Balaban J connectivity index is 1.74. The van der Waals surface area contributed by atoms with Crippen molar-refractivity contribution >= 4 is 38.9 Å². The number of carbonyl (C=O) groups is 1. The second kappa shape index (κ2) is 14.7. The van der Waals surface area contributed by atoms with Gasteiger partial charge in [0.15, 0.2) is 9.84 Å². The summed E-state index contributed by atoms with van der Waals surface area (Å²) in [6.45, 7) is 7.76. The number of nitrogens with zero attached hydrogens (tertiary/aromatic N) is 2. The van der Waals surface area contributed by atoms with Crippen LogP contribution in [0.1, 0.15) is 46.0 Å². The quantitative estimate of drug-likeness (QED) is 0.0838. The van der Waals surface area contributed by atoms with Crippen LogP contribution in [0.15, 0.2) is 81.2 Å². The second-order valence-corrected chi connectivity index (χ2v) is 11.3. The third kappa shape index (κ3) is 10.2. The summed E-state index contributed by atoms with van der Waals surface area (Å²) in [6.07, 6.45) is 6.13. The van der Waals surface area contributed by atoms with E-state index in [0.717, 1.165) is 43.5 Å². The van der Waals surface area contributed by atoms with Crippen LogP contribution in [-0.2, 0) is 19.4 Å². The van der Waals surface area contributed by atoms with Gasteiger partial charge in [0.1, 0.15) is 0 Å². The monoisotopic (exact) mass is 502 g/mol. The number of carbonyl (C=O) groups excluding carboxylic acids is 1. The molecule has 0 saturated carbocycles. The average molecular weight is 503 g/mol. The average Bonchev–Trinajstić information content (AvgIpc) is 2.84. The number of thioether (sulfide) groups is 1. The van der Waals surface area contributed by atoms with Crippen LogP contribution in [-0.4, -0.2) is 32.5 Å². The summed E-state index contributed by atoms with van der Waals surface area (Å²) < 4.78 is 29.8. The Morgan fingerprint density at radius 3 is 2.18 bits per heavy atom. The summed E-state index contributed by atoms with van der Waals surface area (Å²) in [7, 11) is -3.28. The molecule has 0 amide bonds. The zero-order valence-corrected chi connectivity index (χ0v) is 21.6. The Kier molecular flexibility index (Phi) is 12.0. The molecule has 0 bridgehead atoms. The van der Waals surface area contributed by atoms with Crippen molar-refractivity contribution in [3.8, 4) is 0 Å². The molecule has 0 aromatic heterocycles. The van der Waals surface area contributed by atoms with E-state index in [1.807, 2.05) is 38.1 Å². The van der Waals surface area contributed by atoms with Crippen LogP contribution in [0.2, 0.25) is 0 Å². The molecule has 2 aromatic rings. The molecule has 0 fully saturated rings. The van der Waals surface area contributed by atoms with Gasteiger partial charge in [-0.15, -0.1) is 11.8 Å². The lowest BCUT2D eigenvalue weighted by Crippen LogP contribution is -2.13. The predicted molar refractivity (Wildman–Crippen MR) is 139 cm³/mol. The molecule has 0 radical (unpaired) electrons. The lowest BCUT2D eigenvalue weighted by atomic mass is 10.2. The largest absolute Gasteiger partial charge is 0.463 e. The van der Waals surface area contributed by atoms with Gasteiger partial charge in [0, 0.05) is 11.0 Å². The van der Waals surface area contributed by atoms with Crippen LogP contribution in [0.4, 0.5) is 11.4 Å². The topological polar surface area (TPSA) is 85.2 Å². The zero-order chi connectivity index (χ0) is 24.8. The molecule has 0 unspecified atom stereocenters. The van der Waals surface area contributed by atoms with E-state index in [-0.39, 0.29) is 17.6 Å². The maximum absolute atomic E-state index is 12.4. The van der Waals surface area contributed by atoms with Crippen LogP contribution in [0, 0.1) is 5.92 Å².